The molecule has 26 heavy (non-hydrogen) atoms. The van der Waals surface area contributed by atoms with Crippen molar-refractivity contribution in [2.45, 2.75) is 52.8 Å². The maximum Gasteiger partial charge on any atom is 0.191 e. The van der Waals surface area contributed by atoms with Crippen LogP contribution in [0.25, 0.3) is 0 Å². The molecular formula is C20H31N5O. The van der Waals surface area contributed by atoms with E-state index in [2.05, 4.69) is 53.9 Å². The second-order valence-corrected chi connectivity index (χ2v) is 7.10. The summed E-state index contributed by atoms with van der Waals surface area (Å²) in [5.74, 6) is 1.71. The number of para-hydroxylation sites is 1. The highest BCUT2D eigenvalue weighted by Gasteiger charge is 2.14. The van der Waals surface area contributed by atoms with Gasteiger partial charge in [-0.05, 0) is 40.2 Å². The van der Waals surface area contributed by atoms with Crippen LogP contribution in [0.5, 0.6) is 5.75 Å². The number of aryl methyl sites for hydroxylation is 1. The van der Waals surface area contributed by atoms with E-state index in [1.165, 1.54) is 0 Å². The van der Waals surface area contributed by atoms with Crippen molar-refractivity contribution in [3.63, 3.8) is 0 Å². The third-order valence-electron chi connectivity index (χ3n) is 3.59. The molecule has 0 saturated carbocycles. The zero-order chi connectivity index (χ0) is 18.8. The summed E-state index contributed by atoms with van der Waals surface area (Å²) in [7, 11) is 0. The first-order chi connectivity index (χ1) is 12.5. The molecule has 0 aliphatic carbocycles. The fraction of sp³-hybridized carbons (Fsp3) is 0.500. The predicted molar refractivity (Wildman–Crippen MR) is 106 cm³/mol. The van der Waals surface area contributed by atoms with Crippen LogP contribution in [0.1, 0.15) is 39.7 Å². The smallest absolute Gasteiger partial charge is 0.191 e. The topological polar surface area (TPSA) is 63.5 Å². The number of benzene rings is 1. The van der Waals surface area contributed by atoms with Crippen LogP contribution < -0.4 is 15.4 Å². The third kappa shape index (κ3) is 7.17. The van der Waals surface area contributed by atoms with Crippen molar-refractivity contribution in [2.24, 2.45) is 4.99 Å². The number of hydrogen-bond donors (Lipinski definition) is 2. The van der Waals surface area contributed by atoms with Gasteiger partial charge in [0.2, 0.25) is 0 Å². The summed E-state index contributed by atoms with van der Waals surface area (Å²) in [5.41, 5.74) is 0.855. The average Bonchev–Trinajstić information content (AvgIpc) is 3.09. The minimum Gasteiger partial charge on any atom is -0.488 e. The van der Waals surface area contributed by atoms with Crippen LogP contribution in [0.2, 0.25) is 0 Å². The lowest BCUT2D eigenvalue weighted by Crippen LogP contribution is -2.38. The van der Waals surface area contributed by atoms with Crippen molar-refractivity contribution in [3.05, 3.63) is 48.5 Å². The molecule has 1 aromatic heterocycles. The highest BCUT2D eigenvalue weighted by atomic mass is 16.5. The molecule has 6 heteroatoms. The van der Waals surface area contributed by atoms with Crippen LogP contribution >= 0.6 is 0 Å². The van der Waals surface area contributed by atoms with E-state index in [1.807, 2.05) is 30.7 Å². The predicted octanol–water partition coefficient (Wildman–Crippen LogP) is 3.21. The van der Waals surface area contributed by atoms with Crippen LogP contribution in [0, 0.1) is 0 Å². The van der Waals surface area contributed by atoms with E-state index in [0.717, 1.165) is 43.3 Å². The zero-order valence-electron chi connectivity index (χ0n) is 16.3. The van der Waals surface area contributed by atoms with Crippen LogP contribution in [0.15, 0.2) is 48.0 Å². The van der Waals surface area contributed by atoms with Gasteiger partial charge in [-0.1, -0.05) is 18.2 Å². The lowest BCUT2D eigenvalue weighted by Gasteiger charge is -2.23. The van der Waals surface area contributed by atoms with Crippen molar-refractivity contribution in [1.29, 1.82) is 0 Å². The van der Waals surface area contributed by atoms with Gasteiger partial charge in [0.1, 0.15) is 11.4 Å². The van der Waals surface area contributed by atoms with Gasteiger partial charge in [-0.3, -0.25) is 0 Å². The highest BCUT2D eigenvalue weighted by Crippen LogP contribution is 2.23. The van der Waals surface area contributed by atoms with E-state index in [4.69, 9.17) is 9.73 Å². The quantitative estimate of drug-likeness (QED) is 0.433. The molecule has 0 amide bonds. The number of nitrogens with zero attached hydrogens (tertiary/aromatic N) is 3. The molecule has 0 radical (unpaired) electrons. The van der Waals surface area contributed by atoms with Crippen LogP contribution in [-0.2, 0) is 13.1 Å². The van der Waals surface area contributed by atoms with Gasteiger partial charge in [-0.2, -0.15) is 0 Å². The van der Waals surface area contributed by atoms with Gasteiger partial charge in [0, 0.05) is 37.6 Å². The average molecular weight is 358 g/mol. The lowest BCUT2D eigenvalue weighted by atomic mass is 10.1. The van der Waals surface area contributed by atoms with Crippen molar-refractivity contribution in [2.75, 3.05) is 13.1 Å². The molecule has 2 rings (SSSR count). The Bertz CT molecular complexity index is 674. The molecule has 2 N–H and O–H groups in total. The molecule has 0 saturated heterocycles. The molecule has 2 aromatic rings. The Morgan fingerprint density at radius 3 is 2.73 bits per heavy atom. The standard InChI is InChI=1S/C20H31N5O/c1-5-22-19(23-11-8-13-25-14-12-21-16-25)24-15-17-9-6-7-10-18(17)26-20(2,3)4/h6-7,9-10,12,14,16H,5,8,11,13,15H2,1-4H3,(H2,22,23,24). The van der Waals surface area contributed by atoms with Crippen LogP contribution in [-0.4, -0.2) is 34.2 Å². The first kappa shape index (κ1) is 19.8. The van der Waals surface area contributed by atoms with Crippen LogP contribution in [0.4, 0.5) is 0 Å². The Labute approximate surface area is 156 Å². The summed E-state index contributed by atoms with van der Waals surface area (Å²) < 4.78 is 8.12. The number of imidazole rings is 1. The van der Waals surface area contributed by atoms with Gasteiger partial charge in [-0.25, -0.2) is 9.98 Å². The van der Waals surface area contributed by atoms with Gasteiger partial charge >= 0.3 is 0 Å². The second kappa shape index (κ2) is 9.85. The summed E-state index contributed by atoms with van der Waals surface area (Å²) in [6.45, 7) is 11.4. The second-order valence-electron chi connectivity index (χ2n) is 7.10. The van der Waals surface area contributed by atoms with E-state index >= 15 is 0 Å². The van der Waals surface area contributed by atoms with E-state index < -0.39 is 0 Å². The van der Waals surface area contributed by atoms with Crippen LogP contribution in [0.3, 0.4) is 0 Å². The molecular weight excluding hydrogens is 326 g/mol. The molecule has 0 bridgehead atoms. The van der Waals surface area contributed by atoms with Gasteiger partial charge in [0.05, 0.1) is 12.9 Å². The Hall–Kier alpha value is -2.50. The summed E-state index contributed by atoms with van der Waals surface area (Å²) in [6.07, 6.45) is 6.62. The number of hydrogen-bond acceptors (Lipinski definition) is 3. The fourth-order valence-electron chi connectivity index (χ4n) is 2.46. The van der Waals surface area contributed by atoms with Crippen molar-refractivity contribution in [3.8, 4) is 5.75 Å². The van der Waals surface area contributed by atoms with Gasteiger partial charge in [0.25, 0.3) is 0 Å². The summed E-state index contributed by atoms with van der Waals surface area (Å²) >= 11 is 0. The summed E-state index contributed by atoms with van der Waals surface area (Å²) in [4.78, 5) is 8.76. The summed E-state index contributed by atoms with van der Waals surface area (Å²) in [5, 5.41) is 6.68. The molecule has 1 aromatic carbocycles. The minimum atomic E-state index is -0.226. The Morgan fingerprint density at radius 1 is 1.23 bits per heavy atom. The molecule has 0 atom stereocenters. The fourth-order valence-corrected chi connectivity index (χ4v) is 2.46. The molecule has 6 nitrogen and oxygen atoms in total. The largest absolute Gasteiger partial charge is 0.488 e. The first-order valence-electron chi connectivity index (χ1n) is 9.23. The SMILES string of the molecule is CCNC(=NCc1ccccc1OC(C)(C)C)NCCCn1ccnc1. The van der Waals surface area contributed by atoms with Gasteiger partial charge < -0.3 is 19.9 Å². The maximum absolute atomic E-state index is 6.05. The van der Waals surface area contributed by atoms with E-state index in [0.29, 0.717) is 6.54 Å². The Morgan fingerprint density at radius 2 is 2.04 bits per heavy atom. The molecule has 0 aliphatic rings. The lowest BCUT2D eigenvalue weighted by molar-refractivity contribution is 0.129. The molecule has 0 unspecified atom stereocenters. The summed E-state index contributed by atoms with van der Waals surface area (Å²) in [6, 6.07) is 8.08. The van der Waals surface area contributed by atoms with Gasteiger partial charge in [-0.15, -0.1) is 0 Å². The number of nitrogens with one attached hydrogen (secondary N) is 2. The monoisotopic (exact) mass is 357 g/mol. The third-order valence-corrected chi connectivity index (χ3v) is 3.59. The van der Waals surface area contributed by atoms with E-state index in [9.17, 15) is 0 Å². The number of aliphatic imine (C=N–C) groups is 1. The molecule has 0 aliphatic heterocycles. The zero-order valence-corrected chi connectivity index (χ0v) is 16.3. The highest BCUT2D eigenvalue weighted by molar-refractivity contribution is 5.79. The molecule has 142 valence electrons. The number of guanidine groups is 1. The van der Waals surface area contributed by atoms with Gasteiger partial charge in [0.15, 0.2) is 5.96 Å². The molecule has 0 fully saturated rings. The van der Waals surface area contributed by atoms with Crippen molar-refractivity contribution < 1.29 is 4.74 Å². The molecule has 0 spiro atoms. The first-order valence-corrected chi connectivity index (χ1v) is 9.23. The molecule has 1 heterocycles. The Kier molecular flexibility index (Phi) is 7.51. The van der Waals surface area contributed by atoms with E-state index in [1.54, 1.807) is 6.20 Å². The maximum atomic E-state index is 6.05. The van der Waals surface area contributed by atoms with E-state index in [-0.39, 0.29) is 5.60 Å². The van der Waals surface area contributed by atoms with Crippen molar-refractivity contribution in [1.82, 2.24) is 20.2 Å². The number of aromatic nitrogens is 2. The normalized spacial score (nSPS) is 12.1. The van der Waals surface area contributed by atoms with Crippen molar-refractivity contribution >= 4 is 5.96 Å². The number of ether oxygens (including phenoxy) is 1. The Balaban J connectivity index is 1.91. The number of rotatable bonds is 8. The minimum absolute atomic E-state index is 0.226.